The highest BCUT2D eigenvalue weighted by atomic mass is 32.2. The molecule has 0 radical (unpaired) electrons. The Bertz CT molecular complexity index is 816. The highest BCUT2D eigenvalue weighted by Crippen LogP contribution is 2.29. The topological polar surface area (TPSA) is 123 Å². The number of esters is 3. The molecular formula is C40H77NO8S. The highest BCUT2D eigenvalue weighted by molar-refractivity contribution is 8.01. The molecule has 0 aromatic carbocycles. The monoisotopic (exact) mass is 732 g/mol. The Kier molecular flexibility index (Phi) is 33.8. The van der Waals surface area contributed by atoms with Crippen LogP contribution in [0.2, 0.25) is 0 Å². The molecule has 10 heteroatoms. The van der Waals surface area contributed by atoms with Gasteiger partial charge in [-0.3, -0.25) is 14.5 Å². The van der Waals surface area contributed by atoms with Crippen LogP contribution in [0.5, 0.6) is 0 Å². The Morgan fingerprint density at radius 1 is 0.640 bits per heavy atom. The van der Waals surface area contributed by atoms with E-state index in [0.717, 1.165) is 70.6 Å². The van der Waals surface area contributed by atoms with E-state index in [2.05, 4.69) is 20.8 Å². The number of unbranched alkanes of at least 4 members (excludes halogenated alkanes) is 14. The lowest BCUT2D eigenvalue weighted by Crippen LogP contribution is -2.40. The molecule has 0 heterocycles. The molecule has 9 nitrogen and oxygen atoms in total. The van der Waals surface area contributed by atoms with Gasteiger partial charge in [0.2, 0.25) is 6.10 Å². The molecule has 0 saturated heterocycles. The number of hydrogen-bond donors (Lipinski definition) is 2. The molecule has 0 aliphatic heterocycles. The van der Waals surface area contributed by atoms with Crippen molar-refractivity contribution >= 4 is 29.7 Å². The Morgan fingerprint density at radius 2 is 1.18 bits per heavy atom. The second-order valence-electron chi connectivity index (χ2n) is 13.9. The van der Waals surface area contributed by atoms with Crippen LogP contribution in [0.4, 0.5) is 0 Å². The van der Waals surface area contributed by atoms with Crippen LogP contribution < -0.4 is 0 Å². The number of carbonyl (C=O) groups excluding carboxylic acids is 3. The third kappa shape index (κ3) is 27.3. The van der Waals surface area contributed by atoms with Crippen molar-refractivity contribution in [3.05, 3.63) is 0 Å². The van der Waals surface area contributed by atoms with E-state index in [4.69, 9.17) is 14.2 Å². The maximum Gasteiger partial charge on any atom is 0.348 e. The molecule has 0 rings (SSSR count). The van der Waals surface area contributed by atoms with E-state index in [1.165, 1.54) is 56.7 Å². The van der Waals surface area contributed by atoms with Crippen molar-refractivity contribution in [3.63, 3.8) is 0 Å². The summed E-state index contributed by atoms with van der Waals surface area (Å²) in [6, 6.07) is 0. The zero-order chi connectivity index (χ0) is 37.2. The van der Waals surface area contributed by atoms with Crippen LogP contribution in [-0.2, 0) is 28.6 Å². The first-order valence-corrected chi connectivity index (χ1v) is 21.4. The first-order chi connectivity index (χ1) is 24.2. The number of rotatable bonds is 36. The standard InChI is InChI=1S/C40H77NO8S/c1-6-10-13-16-19-21-25-35(43)33-41(29-30-42)28-24-27-37(44)49-38(40(46)47-31-9-4)36(26-22-18-15-12-8-3)50-34(5)39(45)48-32-23-20-17-14-11-7-2/h34-36,38,42-43H,6-33H2,1-5H3. The third-order valence-corrected chi connectivity index (χ3v) is 10.4. The van der Waals surface area contributed by atoms with E-state index >= 15 is 0 Å². The number of thioether (sulfide) groups is 1. The first-order valence-electron chi connectivity index (χ1n) is 20.4. The van der Waals surface area contributed by atoms with Gasteiger partial charge in [0.05, 0.1) is 31.2 Å². The van der Waals surface area contributed by atoms with Gasteiger partial charge in [0.25, 0.3) is 0 Å². The molecule has 2 N–H and O–H groups in total. The predicted molar refractivity (Wildman–Crippen MR) is 206 cm³/mol. The summed E-state index contributed by atoms with van der Waals surface area (Å²) in [4.78, 5) is 41.5. The average Bonchev–Trinajstić information content (AvgIpc) is 3.10. The zero-order valence-corrected chi connectivity index (χ0v) is 33.6. The molecule has 0 amide bonds. The number of aliphatic hydroxyl groups excluding tert-OH is 2. The minimum absolute atomic E-state index is 0.0315. The summed E-state index contributed by atoms with van der Waals surface area (Å²) in [7, 11) is 0. The molecule has 0 aromatic rings. The number of nitrogens with zero attached hydrogens (tertiary/aromatic N) is 1. The Balaban J connectivity index is 5.32. The van der Waals surface area contributed by atoms with Gasteiger partial charge in [-0.2, -0.15) is 0 Å². The van der Waals surface area contributed by atoms with Crippen molar-refractivity contribution in [3.8, 4) is 0 Å². The minimum atomic E-state index is -1.12. The van der Waals surface area contributed by atoms with Crippen LogP contribution in [0, 0.1) is 0 Å². The minimum Gasteiger partial charge on any atom is -0.465 e. The summed E-state index contributed by atoms with van der Waals surface area (Å²) in [5, 5.41) is 19.2. The molecule has 0 bridgehead atoms. The molecule has 0 aliphatic rings. The fourth-order valence-corrected chi connectivity index (χ4v) is 7.24. The van der Waals surface area contributed by atoms with E-state index < -0.39 is 34.6 Å². The lowest BCUT2D eigenvalue weighted by atomic mass is 10.1. The van der Waals surface area contributed by atoms with Crippen molar-refractivity contribution in [2.24, 2.45) is 0 Å². The van der Waals surface area contributed by atoms with Gasteiger partial charge in [0.15, 0.2) is 0 Å². The Labute approximate surface area is 310 Å². The lowest BCUT2D eigenvalue weighted by molar-refractivity contribution is -0.168. The molecule has 0 spiro atoms. The van der Waals surface area contributed by atoms with E-state index in [1.54, 1.807) is 6.92 Å². The smallest absolute Gasteiger partial charge is 0.348 e. The van der Waals surface area contributed by atoms with Crippen LogP contribution in [0.3, 0.4) is 0 Å². The second kappa shape index (κ2) is 34.7. The SMILES string of the molecule is CCCCCCCCOC(=O)C(C)SC(CCCCCCC)C(OC(=O)CCCN(CCO)CC(O)CCCCCCCC)C(=O)OCCC. The van der Waals surface area contributed by atoms with Crippen molar-refractivity contribution in [1.29, 1.82) is 0 Å². The van der Waals surface area contributed by atoms with Gasteiger partial charge < -0.3 is 24.4 Å². The van der Waals surface area contributed by atoms with Crippen LogP contribution in [0.25, 0.3) is 0 Å². The van der Waals surface area contributed by atoms with Crippen LogP contribution in [-0.4, -0.2) is 95.2 Å². The molecule has 4 atom stereocenters. The zero-order valence-electron chi connectivity index (χ0n) is 32.8. The fourth-order valence-electron chi connectivity index (χ4n) is 5.92. The fraction of sp³-hybridized carbons (Fsp3) is 0.925. The Morgan fingerprint density at radius 3 is 1.76 bits per heavy atom. The largest absolute Gasteiger partial charge is 0.465 e. The van der Waals surface area contributed by atoms with E-state index in [9.17, 15) is 24.6 Å². The number of carbonyl (C=O) groups is 3. The van der Waals surface area contributed by atoms with Crippen LogP contribution in [0.1, 0.15) is 176 Å². The molecule has 0 aromatic heterocycles. The van der Waals surface area contributed by atoms with E-state index in [-0.39, 0.29) is 25.6 Å². The summed E-state index contributed by atoms with van der Waals surface area (Å²) in [5.74, 6) is -1.37. The van der Waals surface area contributed by atoms with Crippen LogP contribution in [0.15, 0.2) is 0 Å². The first kappa shape index (κ1) is 48.6. The number of aliphatic hydroxyl groups is 2. The maximum atomic E-state index is 13.3. The molecule has 0 saturated carbocycles. The quantitative estimate of drug-likeness (QED) is 0.0367. The van der Waals surface area contributed by atoms with Crippen LogP contribution >= 0.6 is 11.8 Å². The molecule has 4 unspecified atom stereocenters. The molecule has 0 fully saturated rings. The van der Waals surface area contributed by atoms with Gasteiger partial charge in [-0.15, -0.1) is 11.8 Å². The summed E-state index contributed by atoms with van der Waals surface area (Å²) in [6.07, 6.45) is 19.8. The number of ether oxygens (including phenoxy) is 3. The predicted octanol–water partition coefficient (Wildman–Crippen LogP) is 8.79. The average molecular weight is 732 g/mol. The van der Waals surface area contributed by atoms with Crippen molar-refractivity contribution in [1.82, 2.24) is 4.90 Å². The number of hydrogen-bond acceptors (Lipinski definition) is 10. The van der Waals surface area contributed by atoms with Crippen molar-refractivity contribution in [2.75, 3.05) is 39.5 Å². The molecular weight excluding hydrogens is 655 g/mol. The van der Waals surface area contributed by atoms with Gasteiger partial charge in [-0.25, -0.2) is 4.79 Å². The third-order valence-electron chi connectivity index (χ3n) is 8.95. The molecule has 296 valence electrons. The normalized spacial score (nSPS) is 13.9. The van der Waals surface area contributed by atoms with Gasteiger partial charge in [0, 0.05) is 19.5 Å². The summed E-state index contributed by atoms with van der Waals surface area (Å²) in [5.41, 5.74) is 0. The van der Waals surface area contributed by atoms with Gasteiger partial charge in [0.1, 0.15) is 5.25 Å². The van der Waals surface area contributed by atoms with Crippen molar-refractivity contribution in [2.45, 2.75) is 199 Å². The lowest BCUT2D eigenvalue weighted by Gasteiger charge is -2.27. The molecule has 0 aliphatic carbocycles. The van der Waals surface area contributed by atoms with Gasteiger partial charge in [-0.05, 0) is 45.6 Å². The van der Waals surface area contributed by atoms with E-state index in [0.29, 0.717) is 45.5 Å². The van der Waals surface area contributed by atoms with E-state index in [1.807, 2.05) is 11.8 Å². The summed E-state index contributed by atoms with van der Waals surface area (Å²) < 4.78 is 17.0. The molecule has 50 heavy (non-hydrogen) atoms. The van der Waals surface area contributed by atoms with Gasteiger partial charge in [-0.1, -0.05) is 130 Å². The second-order valence-corrected chi connectivity index (χ2v) is 15.5. The van der Waals surface area contributed by atoms with Crippen molar-refractivity contribution < 1.29 is 38.8 Å². The maximum absolute atomic E-state index is 13.3. The summed E-state index contributed by atoms with van der Waals surface area (Å²) >= 11 is 1.34. The van der Waals surface area contributed by atoms with Gasteiger partial charge >= 0.3 is 17.9 Å². The summed E-state index contributed by atoms with van der Waals surface area (Å²) in [6.45, 7) is 12.2. The highest BCUT2D eigenvalue weighted by Gasteiger charge is 2.36. The Hall–Kier alpha value is -1.36.